The van der Waals surface area contributed by atoms with E-state index in [4.69, 9.17) is 9.47 Å². The summed E-state index contributed by atoms with van der Waals surface area (Å²) in [5.41, 5.74) is 0.405. The molecule has 0 aromatic carbocycles. The fourth-order valence-corrected chi connectivity index (χ4v) is 1.78. The summed E-state index contributed by atoms with van der Waals surface area (Å²) in [4.78, 5) is 13.6. The van der Waals surface area contributed by atoms with Crippen molar-refractivity contribution < 1.29 is 14.3 Å². The van der Waals surface area contributed by atoms with Crippen molar-refractivity contribution in [1.82, 2.24) is 15.1 Å². The third kappa shape index (κ3) is 3.22. The van der Waals surface area contributed by atoms with Gasteiger partial charge in [0.2, 0.25) is 0 Å². The third-order valence-electron chi connectivity index (χ3n) is 2.59. The van der Waals surface area contributed by atoms with Gasteiger partial charge in [0.05, 0.1) is 18.8 Å². The Kier molecular flexibility index (Phi) is 3.56. The Bertz CT molecular complexity index is 397. The number of nitrogens with zero attached hydrogens (tertiary/aromatic N) is 2. The molecule has 1 N–H and O–H groups in total. The lowest BCUT2D eigenvalue weighted by Gasteiger charge is -2.33. The molecule has 0 aliphatic carbocycles. The third-order valence-corrected chi connectivity index (χ3v) is 2.59. The molecule has 1 aromatic heterocycles. The highest BCUT2D eigenvalue weighted by Gasteiger charge is 2.29. The van der Waals surface area contributed by atoms with Crippen LogP contribution in [0.15, 0.2) is 12.3 Å². The molecule has 0 bridgehead atoms. The Hall–Kier alpha value is -1.56. The van der Waals surface area contributed by atoms with E-state index in [1.165, 1.54) is 0 Å². The lowest BCUT2D eigenvalue weighted by atomic mass is 10.2. The zero-order valence-corrected chi connectivity index (χ0v) is 11.0. The normalized spacial score (nSPS) is 20.8. The summed E-state index contributed by atoms with van der Waals surface area (Å²) in [5, 5.41) is 6.75. The predicted molar refractivity (Wildman–Crippen MR) is 65.1 cm³/mol. The molecule has 0 radical (unpaired) electrons. The first kappa shape index (κ1) is 12.9. The Morgan fingerprint density at radius 1 is 1.61 bits per heavy atom. The molecule has 2 heterocycles. The number of amides is 1. The van der Waals surface area contributed by atoms with Gasteiger partial charge in [-0.3, -0.25) is 5.10 Å². The summed E-state index contributed by atoms with van der Waals surface area (Å²) < 4.78 is 11.0. The zero-order chi connectivity index (χ0) is 13.2. The van der Waals surface area contributed by atoms with Crippen molar-refractivity contribution >= 4 is 6.09 Å². The molecule has 100 valence electrons. The Morgan fingerprint density at radius 2 is 2.39 bits per heavy atom. The minimum atomic E-state index is -0.473. The van der Waals surface area contributed by atoms with Crippen LogP contribution in [0.1, 0.15) is 32.6 Å². The van der Waals surface area contributed by atoms with Crippen LogP contribution in [0, 0.1) is 0 Å². The van der Waals surface area contributed by atoms with Gasteiger partial charge in [-0.25, -0.2) is 4.79 Å². The Balaban J connectivity index is 1.96. The largest absolute Gasteiger partial charge is 0.444 e. The van der Waals surface area contributed by atoms with E-state index < -0.39 is 5.60 Å². The van der Waals surface area contributed by atoms with Crippen molar-refractivity contribution in [3.8, 4) is 0 Å². The van der Waals surface area contributed by atoms with Gasteiger partial charge in [-0.15, -0.1) is 0 Å². The molecule has 1 amide bonds. The van der Waals surface area contributed by atoms with Crippen LogP contribution >= 0.6 is 0 Å². The number of carbonyl (C=O) groups is 1. The van der Waals surface area contributed by atoms with Gasteiger partial charge >= 0.3 is 6.09 Å². The second kappa shape index (κ2) is 4.97. The number of rotatable bonds is 1. The number of ether oxygens (including phenoxy) is 2. The van der Waals surface area contributed by atoms with E-state index in [0.717, 1.165) is 5.69 Å². The van der Waals surface area contributed by atoms with E-state index in [9.17, 15) is 4.79 Å². The Morgan fingerprint density at radius 3 is 3.00 bits per heavy atom. The van der Waals surface area contributed by atoms with Gasteiger partial charge in [-0.2, -0.15) is 5.10 Å². The van der Waals surface area contributed by atoms with Gasteiger partial charge in [-0.05, 0) is 26.8 Å². The molecule has 1 aliphatic rings. The number of hydrogen-bond acceptors (Lipinski definition) is 4. The van der Waals surface area contributed by atoms with E-state index in [1.54, 1.807) is 11.1 Å². The minimum absolute atomic E-state index is 0.159. The molecule has 1 fully saturated rings. The maximum Gasteiger partial charge on any atom is 0.410 e. The quantitative estimate of drug-likeness (QED) is 0.827. The second-order valence-electron chi connectivity index (χ2n) is 5.30. The topological polar surface area (TPSA) is 67.4 Å². The number of aromatic nitrogens is 2. The standard InChI is InChI=1S/C12H19N3O3/c1-12(2,3)18-11(16)15-6-7-17-10(8-15)9-4-5-13-14-9/h4-5,10H,6-8H2,1-3H3,(H,13,14)/t10-/m1/s1. The predicted octanol–water partition coefficient (Wildman–Crippen LogP) is 1.72. The average molecular weight is 253 g/mol. The molecule has 6 nitrogen and oxygen atoms in total. The summed E-state index contributed by atoms with van der Waals surface area (Å²) in [6.45, 7) is 7.12. The SMILES string of the molecule is CC(C)(C)OC(=O)N1CCO[C@@H](c2ccn[nH]2)C1. The highest BCUT2D eigenvalue weighted by molar-refractivity contribution is 5.68. The molecule has 1 aromatic rings. The van der Waals surface area contributed by atoms with Crippen LogP contribution < -0.4 is 0 Å². The minimum Gasteiger partial charge on any atom is -0.444 e. The number of H-pyrrole nitrogens is 1. The molecule has 1 saturated heterocycles. The van der Waals surface area contributed by atoms with Crippen molar-refractivity contribution in [3.63, 3.8) is 0 Å². The van der Waals surface area contributed by atoms with Crippen LogP contribution in [-0.2, 0) is 9.47 Å². The second-order valence-corrected chi connectivity index (χ2v) is 5.30. The van der Waals surface area contributed by atoms with Crippen molar-refractivity contribution in [3.05, 3.63) is 18.0 Å². The zero-order valence-electron chi connectivity index (χ0n) is 11.0. The first-order valence-electron chi connectivity index (χ1n) is 6.04. The summed E-state index contributed by atoms with van der Waals surface area (Å²) in [5.74, 6) is 0. The average Bonchev–Trinajstić information content (AvgIpc) is 2.80. The molecule has 0 unspecified atom stereocenters. The molecule has 1 aliphatic heterocycles. The van der Waals surface area contributed by atoms with Gasteiger partial charge in [0.15, 0.2) is 0 Å². The van der Waals surface area contributed by atoms with Crippen LogP contribution in [0.25, 0.3) is 0 Å². The maximum absolute atomic E-state index is 12.0. The highest BCUT2D eigenvalue weighted by Crippen LogP contribution is 2.21. The fraction of sp³-hybridized carbons (Fsp3) is 0.667. The van der Waals surface area contributed by atoms with E-state index in [2.05, 4.69) is 10.2 Å². The smallest absolute Gasteiger partial charge is 0.410 e. The highest BCUT2D eigenvalue weighted by atomic mass is 16.6. The van der Waals surface area contributed by atoms with Crippen LogP contribution in [0.4, 0.5) is 4.79 Å². The van der Waals surface area contributed by atoms with Crippen LogP contribution in [-0.4, -0.2) is 46.5 Å². The van der Waals surface area contributed by atoms with E-state index in [1.807, 2.05) is 26.8 Å². The molecule has 2 rings (SSSR count). The van der Waals surface area contributed by atoms with Crippen LogP contribution in [0.5, 0.6) is 0 Å². The summed E-state index contributed by atoms with van der Waals surface area (Å²) in [6, 6.07) is 1.85. The summed E-state index contributed by atoms with van der Waals surface area (Å²) in [6.07, 6.45) is 1.22. The molecule has 18 heavy (non-hydrogen) atoms. The first-order chi connectivity index (χ1) is 8.46. The number of morpholine rings is 1. The molecular formula is C12H19N3O3. The van der Waals surface area contributed by atoms with Crippen LogP contribution in [0.3, 0.4) is 0 Å². The molecule has 6 heteroatoms. The van der Waals surface area contributed by atoms with E-state index >= 15 is 0 Å². The van der Waals surface area contributed by atoms with Gasteiger partial charge in [0.1, 0.15) is 11.7 Å². The van der Waals surface area contributed by atoms with Gasteiger partial charge in [0, 0.05) is 12.7 Å². The fourth-order valence-electron chi connectivity index (χ4n) is 1.78. The van der Waals surface area contributed by atoms with E-state index in [-0.39, 0.29) is 12.2 Å². The molecule has 0 saturated carbocycles. The Labute approximate surface area is 106 Å². The molecule has 1 atom stereocenters. The van der Waals surface area contributed by atoms with Crippen molar-refractivity contribution in [2.24, 2.45) is 0 Å². The first-order valence-corrected chi connectivity index (χ1v) is 6.04. The van der Waals surface area contributed by atoms with E-state index in [0.29, 0.717) is 19.7 Å². The summed E-state index contributed by atoms with van der Waals surface area (Å²) >= 11 is 0. The number of aromatic amines is 1. The van der Waals surface area contributed by atoms with Gasteiger partial charge in [-0.1, -0.05) is 0 Å². The summed E-state index contributed by atoms with van der Waals surface area (Å²) in [7, 11) is 0. The molecular weight excluding hydrogens is 234 g/mol. The maximum atomic E-state index is 12.0. The number of hydrogen-bond donors (Lipinski definition) is 1. The van der Waals surface area contributed by atoms with Crippen LogP contribution in [0.2, 0.25) is 0 Å². The van der Waals surface area contributed by atoms with Gasteiger partial charge in [0.25, 0.3) is 0 Å². The van der Waals surface area contributed by atoms with Gasteiger partial charge < -0.3 is 14.4 Å². The monoisotopic (exact) mass is 253 g/mol. The molecule has 0 spiro atoms. The lowest BCUT2D eigenvalue weighted by molar-refractivity contribution is -0.0447. The number of nitrogens with one attached hydrogen (secondary N) is 1. The van der Waals surface area contributed by atoms with Crippen molar-refractivity contribution in [2.75, 3.05) is 19.7 Å². The number of carbonyl (C=O) groups excluding carboxylic acids is 1. The lowest BCUT2D eigenvalue weighted by Crippen LogP contribution is -2.44. The van der Waals surface area contributed by atoms with Crippen molar-refractivity contribution in [1.29, 1.82) is 0 Å². The van der Waals surface area contributed by atoms with Crippen molar-refractivity contribution in [2.45, 2.75) is 32.5 Å².